The molecule has 1 atom stereocenters. The van der Waals surface area contributed by atoms with Crippen LogP contribution in [0.4, 0.5) is 0 Å². The lowest BCUT2D eigenvalue weighted by Crippen LogP contribution is -2.30. The van der Waals surface area contributed by atoms with E-state index in [0.717, 1.165) is 141 Å². The van der Waals surface area contributed by atoms with Crippen molar-refractivity contribution in [3.05, 3.63) is 109 Å². The minimum absolute atomic E-state index is 0.0848. The molecule has 398 valence electrons. The lowest BCUT2D eigenvalue weighted by Gasteiger charge is -2.18. The van der Waals surface area contributed by atoms with Crippen LogP contribution in [0.1, 0.15) is 258 Å². The number of ether oxygens (including phenoxy) is 3. The molecular formula is C64H106O6. The van der Waals surface area contributed by atoms with Crippen LogP contribution < -0.4 is 0 Å². The first-order valence-corrected chi connectivity index (χ1v) is 28.9. The number of allylic oxidation sites excluding steroid dienone is 18. The first-order chi connectivity index (χ1) is 34.5. The standard InChI is InChI=1S/C64H106O6/c1-4-7-10-13-16-19-21-23-24-25-26-27-28-29-30-31-32-33-34-35-36-37-38-39-40-42-43-45-48-51-54-57-63(66)69-60-61(59-68-62(65)56-53-50-47-18-15-12-9-6-3)70-64(67)58-55-52-49-46-44-41-22-20-17-14-11-8-5-2/h7,10-11,14,16,19-20,22-24,26-27,29-30,32-33,35-36,61H,4-6,8-9,12-13,15,17-18,21,25,28,31,34,37-60H2,1-3H3/b10-7-,14-11-,19-16-,22-20-,24-23-,27-26-,30-29-,33-32-,36-35-. The van der Waals surface area contributed by atoms with E-state index in [-0.39, 0.29) is 31.1 Å². The Morgan fingerprint density at radius 2 is 0.586 bits per heavy atom. The SMILES string of the molecule is CC/C=C\C/C=C\C/C=C\C/C=C\C/C=C\C/C=C\C/C=C\CCCCCCCCCCCC(=O)OCC(COC(=O)CCCCCCCCCC)OC(=O)CCCCCCC/C=C\C/C=C\CCC. The average Bonchev–Trinajstić information content (AvgIpc) is 3.36. The second kappa shape index (κ2) is 57.6. The molecule has 0 aliphatic rings. The topological polar surface area (TPSA) is 78.9 Å². The van der Waals surface area contributed by atoms with Gasteiger partial charge >= 0.3 is 17.9 Å². The highest BCUT2D eigenvalue weighted by molar-refractivity contribution is 5.71. The Labute approximate surface area is 431 Å². The molecule has 6 heteroatoms. The monoisotopic (exact) mass is 971 g/mol. The van der Waals surface area contributed by atoms with Crippen molar-refractivity contribution < 1.29 is 28.6 Å². The lowest BCUT2D eigenvalue weighted by atomic mass is 10.1. The molecule has 0 saturated heterocycles. The normalized spacial score (nSPS) is 12.9. The summed E-state index contributed by atoms with van der Waals surface area (Å²) in [6, 6.07) is 0. The first kappa shape index (κ1) is 66.1. The Balaban J connectivity index is 4.16. The number of hydrogen-bond donors (Lipinski definition) is 0. The Kier molecular flexibility index (Phi) is 54.4. The molecular weight excluding hydrogens is 865 g/mol. The third-order valence-corrected chi connectivity index (χ3v) is 12.0. The summed E-state index contributed by atoms with van der Waals surface area (Å²) in [5.74, 6) is -0.911. The molecule has 0 saturated carbocycles. The van der Waals surface area contributed by atoms with Gasteiger partial charge in [0, 0.05) is 19.3 Å². The van der Waals surface area contributed by atoms with Gasteiger partial charge in [-0.3, -0.25) is 14.4 Å². The van der Waals surface area contributed by atoms with Gasteiger partial charge in [0.15, 0.2) is 6.10 Å². The van der Waals surface area contributed by atoms with E-state index in [0.29, 0.717) is 19.3 Å². The fourth-order valence-electron chi connectivity index (χ4n) is 7.70. The van der Waals surface area contributed by atoms with Crippen molar-refractivity contribution in [1.29, 1.82) is 0 Å². The minimum Gasteiger partial charge on any atom is -0.462 e. The van der Waals surface area contributed by atoms with Crippen LogP contribution >= 0.6 is 0 Å². The number of hydrogen-bond acceptors (Lipinski definition) is 6. The minimum atomic E-state index is -0.785. The molecule has 0 aromatic rings. The third-order valence-electron chi connectivity index (χ3n) is 12.0. The Hall–Kier alpha value is -3.93. The van der Waals surface area contributed by atoms with Gasteiger partial charge in [-0.15, -0.1) is 0 Å². The molecule has 0 fully saturated rings. The zero-order chi connectivity index (χ0) is 50.7. The fraction of sp³-hybridized carbons (Fsp3) is 0.672. The number of carbonyl (C=O) groups is 3. The molecule has 0 aliphatic carbocycles. The van der Waals surface area contributed by atoms with Gasteiger partial charge in [0.25, 0.3) is 0 Å². The molecule has 0 heterocycles. The first-order valence-electron chi connectivity index (χ1n) is 28.9. The van der Waals surface area contributed by atoms with Gasteiger partial charge in [0.2, 0.25) is 0 Å². The summed E-state index contributed by atoms with van der Waals surface area (Å²) in [6.45, 7) is 6.41. The largest absolute Gasteiger partial charge is 0.462 e. The number of esters is 3. The van der Waals surface area contributed by atoms with Gasteiger partial charge in [0.1, 0.15) is 13.2 Å². The molecule has 0 aliphatic heterocycles. The van der Waals surface area contributed by atoms with Crippen LogP contribution in [0.25, 0.3) is 0 Å². The van der Waals surface area contributed by atoms with Gasteiger partial charge < -0.3 is 14.2 Å². The van der Waals surface area contributed by atoms with Crippen molar-refractivity contribution in [2.24, 2.45) is 0 Å². The molecule has 0 rings (SSSR count). The van der Waals surface area contributed by atoms with E-state index in [2.05, 4.69) is 130 Å². The van der Waals surface area contributed by atoms with E-state index in [1.807, 2.05) is 0 Å². The van der Waals surface area contributed by atoms with Crippen molar-refractivity contribution in [1.82, 2.24) is 0 Å². The quantitative estimate of drug-likeness (QED) is 0.0262. The van der Waals surface area contributed by atoms with Crippen LogP contribution in [0, 0.1) is 0 Å². The number of unbranched alkanes of at least 4 members (excludes halogenated alkanes) is 22. The molecule has 1 unspecified atom stereocenters. The predicted molar refractivity (Wildman–Crippen MR) is 302 cm³/mol. The maximum atomic E-state index is 12.8. The molecule has 0 amide bonds. The summed E-state index contributed by atoms with van der Waals surface area (Å²) in [5, 5.41) is 0. The summed E-state index contributed by atoms with van der Waals surface area (Å²) in [5.41, 5.74) is 0. The molecule has 0 spiro atoms. The van der Waals surface area contributed by atoms with Crippen LogP contribution in [0.3, 0.4) is 0 Å². The smallest absolute Gasteiger partial charge is 0.306 e. The zero-order valence-corrected chi connectivity index (χ0v) is 45.5. The average molecular weight is 972 g/mol. The van der Waals surface area contributed by atoms with Gasteiger partial charge in [-0.25, -0.2) is 0 Å². The van der Waals surface area contributed by atoms with E-state index >= 15 is 0 Å². The Morgan fingerprint density at radius 3 is 0.929 bits per heavy atom. The highest BCUT2D eigenvalue weighted by Crippen LogP contribution is 2.15. The van der Waals surface area contributed by atoms with Crippen LogP contribution in [0.15, 0.2) is 109 Å². The van der Waals surface area contributed by atoms with Crippen molar-refractivity contribution >= 4 is 17.9 Å². The Morgan fingerprint density at radius 1 is 0.300 bits per heavy atom. The predicted octanol–water partition coefficient (Wildman–Crippen LogP) is 19.5. The maximum Gasteiger partial charge on any atom is 0.306 e. The molecule has 0 radical (unpaired) electrons. The van der Waals surface area contributed by atoms with Gasteiger partial charge in [-0.2, -0.15) is 0 Å². The zero-order valence-electron chi connectivity index (χ0n) is 45.5. The lowest BCUT2D eigenvalue weighted by molar-refractivity contribution is -0.167. The maximum absolute atomic E-state index is 12.8. The molecule has 0 bridgehead atoms. The van der Waals surface area contributed by atoms with E-state index in [4.69, 9.17) is 14.2 Å². The van der Waals surface area contributed by atoms with Gasteiger partial charge in [0.05, 0.1) is 0 Å². The summed E-state index contributed by atoms with van der Waals surface area (Å²) in [7, 11) is 0. The van der Waals surface area contributed by atoms with E-state index in [9.17, 15) is 14.4 Å². The van der Waals surface area contributed by atoms with Crippen LogP contribution in [0.2, 0.25) is 0 Å². The Bertz CT molecular complexity index is 1440. The molecule has 0 aromatic carbocycles. The molecule has 6 nitrogen and oxygen atoms in total. The summed E-state index contributed by atoms with van der Waals surface area (Å²) >= 11 is 0. The second-order valence-corrected chi connectivity index (χ2v) is 18.8. The van der Waals surface area contributed by atoms with Crippen LogP contribution in [0.5, 0.6) is 0 Å². The van der Waals surface area contributed by atoms with Crippen molar-refractivity contribution in [2.75, 3.05) is 13.2 Å². The third kappa shape index (κ3) is 55.0. The van der Waals surface area contributed by atoms with E-state index in [1.54, 1.807) is 0 Å². The summed E-state index contributed by atoms with van der Waals surface area (Å²) in [4.78, 5) is 37.9. The van der Waals surface area contributed by atoms with E-state index in [1.165, 1.54) is 77.0 Å². The molecule has 0 aromatic heterocycles. The highest BCUT2D eigenvalue weighted by Gasteiger charge is 2.19. The second-order valence-electron chi connectivity index (χ2n) is 18.8. The molecule has 70 heavy (non-hydrogen) atoms. The number of rotatable bonds is 51. The van der Waals surface area contributed by atoms with Gasteiger partial charge in [-0.1, -0.05) is 246 Å². The fourth-order valence-corrected chi connectivity index (χ4v) is 7.70. The summed E-state index contributed by atoms with van der Waals surface area (Å²) < 4.78 is 16.8. The highest BCUT2D eigenvalue weighted by atomic mass is 16.6. The molecule has 0 N–H and O–H groups in total. The van der Waals surface area contributed by atoms with Crippen molar-refractivity contribution in [3.63, 3.8) is 0 Å². The van der Waals surface area contributed by atoms with Crippen LogP contribution in [-0.2, 0) is 28.6 Å². The van der Waals surface area contributed by atoms with Crippen molar-refractivity contribution in [2.45, 2.75) is 264 Å². The summed E-state index contributed by atoms with van der Waals surface area (Å²) in [6.07, 6.45) is 78.1. The van der Waals surface area contributed by atoms with Crippen LogP contribution in [-0.4, -0.2) is 37.2 Å². The van der Waals surface area contributed by atoms with Crippen molar-refractivity contribution in [3.8, 4) is 0 Å². The van der Waals surface area contributed by atoms with Gasteiger partial charge in [-0.05, 0) is 103 Å². The number of carbonyl (C=O) groups excluding carboxylic acids is 3. The van der Waals surface area contributed by atoms with E-state index < -0.39 is 6.10 Å².